The van der Waals surface area contributed by atoms with Gasteiger partial charge in [-0.2, -0.15) is 4.98 Å². The fraction of sp³-hybridized carbons (Fsp3) is 0.182. The van der Waals surface area contributed by atoms with E-state index in [0.29, 0.717) is 23.1 Å². The van der Waals surface area contributed by atoms with Crippen LogP contribution >= 0.6 is 11.6 Å². The molecule has 0 radical (unpaired) electrons. The molecule has 0 saturated carbocycles. The van der Waals surface area contributed by atoms with Gasteiger partial charge in [-0.15, -0.1) is 5.10 Å². The molecule has 0 spiro atoms. The lowest BCUT2D eigenvalue weighted by Gasteiger charge is -2.08. The Kier molecular flexibility index (Phi) is 3.86. The van der Waals surface area contributed by atoms with Crippen molar-refractivity contribution in [3.8, 4) is 5.75 Å². The maximum Gasteiger partial charge on any atom is 0.293 e. The summed E-state index contributed by atoms with van der Waals surface area (Å²) in [5.74, 6) is 0.146. The molecule has 19 heavy (non-hydrogen) atoms. The Hall–Kier alpha value is -2.28. The molecule has 100 valence electrons. The number of benzene rings is 1. The molecule has 4 N–H and O–H groups in total. The third-order valence-corrected chi connectivity index (χ3v) is 2.50. The molecule has 0 fully saturated rings. The minimum absolute atomic E-state index is 0.00914. The lowest BCUT2D eigenvalue weighted by Crippen LogP contribution is -2.13. The number of nitrogens with zero attached hydrogens (tertiary/aromatic N) is 2. The summed E-state index contributed by atoms with van der Waals surface area (Å²) < 4.78 is 5.29. The Morgan fingerprint density at radius 2 is 2.37 bits per heavy atom. The molecule has 0 aliphatic rings. The van der Waals surface area contributed by atoms with Crippen molar-refractivity contribution in [3.63, 3.8) is 0 Å². The quantitative estimate of drug-likeness (QED) is 0.791. The number of halogens is 1. The van der Waals surface area contributed by atoms with Crippen LogP contribution in [0.4, 0.5) is 11.6 Å². The summed E-state index contributed by atoms with van der Waals surface area (Å²) in [5, 5.41) is 9.01. The summed E-state index contributed by atoms with van der Waals surface area (Å²) in [7, 11) is 0. The first-order valence-electron chi connectivity index (χ1n) is 5.51. The number of amides is 1. The molecular weight excluding hydrogens is 270 g/mol. The number of carbonyl (C=O) groups excluding carboxylic acids is 1. The van der Waals surface area contributed by atoms with Crippen LogP contribution in [0.3, 0.4) is 0 Å². The average Bonchev–Trinajstić information content (AvgIpc) is 2.80. The zero-order chi connectivity index (χ0) is 13.8. The number of hydrogen-bond acceptors (Lipinski definition) is 5. The van der Waals surface area contributed by atoms with Crippen molar-refractivity contribution in [2.24, 2.45) is 0 Å². The summed E-state index contributed by atoms with van der Waals surface area (Å²) in [6.45, 7) is 2.38. The highest BCUT2D eigenvalue weighted by molar-refractivity contribution is 6.32. The number of carbonyl (C=O) groups is 1. The maximum absolute atomic E-state index is 11.8. The highest BCUT2D eigenvalue weighted by atomic mass is 35.5. The lowest BCUT2D eigenvalue weighted by molar-refractivity contribution is 0.101. The fourth-order valence-electron chi connectivity index (χ4n) is 1.42. The summed E-state index contributed by atoms with van der Waals surface area (Å²) in [6, 6.07) is 4.94. The summed E-state index contributed by atoms with van der Waals surface area (Å²) in [4.78, 5) is 15.5. The highest BCUT2D eigenvalue weighted by Crippen LogP contribution is 2.27. The van der Waals surface area contributed by atoms with Gasteiger partial charge in [-0.25, -0.2) is 0 Å². The van der Waals surface area contributed by atoms with E-state index < -0.39 is 5.91 Å². The smallest absolute Gasteiger partial charge is 0.293 e. The molecule has 1 heterocycles. The van der Waals surface area contributed by atoms with Gasteiger partial charge in [-0.3, -0.25) is 9.89 Å². The summed E-state index contributed by atoms with van der Waals surface area (Å²) in [5.41, 5.74) is 5.84. The first-order chi connectivity index (χ1) is 9.10. The molecule has 0 saturated heterocycles. The van der Waals surface area contributed by atoms with Crippen LogP contribution in [0.25, 0.3) is 0 Å². The SMILES string of the molecule is CCOc1ccc(NC(=O)c2nc(N)n[nH]2)cc1Cl. The van der Waals surface area contributed by atoms with E-state index in [1.165, 1.54) is 0 Å². The van der Waals surface area contributed by atoms with Crippen molar-refractivity contribution < 1.29 is 9.53 Å². The monoisotopic (exact) mass is 281 g/mol. The van der Waals surface area contributed by atoms with Gasteiger partial charge < -0.3 is 15.8 Å². The number of rotatable bonds is 4. The molecular formula is C11H12ClN5O2. The van der Waals surface area contributed by atoms with E-state index in [9.17, 15) is 4.79 Å². The van der Waals surface area contributed by atoms with E-state index in [-0.39, 0.29) is 11.8 Å². The van der Waals surface area contributed by atoms with Crippen molar-refractivity contribution in [3.05, 3.63) is 29.0 Å². The third kappa shape index (κ3) is 3.14. The van der Waals surface area contributed by atoms with Crippen molar-refractivity contribution in [1.29, 1.82) is 0 Å². The van der Waals surface area contributed by atoms with Crippen molar-refractivity contribution >= 4 is 29.1 Å². The lowest BCUT2D eigenvalue weighted by atomic mass is 10.3. The minimum Gasteiger partial charge on any atom is -0.492 e. The Bertz CT molecular complexity index is 599. The molecule has 1 aromatic carbocycles. The van der Waals surface area contributed by atoms with Gasteiger partial charge in [0.25, 0.3) is 5.91 Å². The van der Waals surface area contributed by atoms with Crippen LogP contribution in [0.15, 0.2) is 18.2 Å². The second-order valence-electron chi connectivity index (χ2n) is 3.57. The van der Waals surface area contributed by atoms with Crippen LogP contribution in [0.1, 0.15) is 17.5 Å². The van der Waals surface area contributed by atoms with E-state index in [0.717, 1.165) is 0 Å². The number of anilines is 2. The zero-order valence-electron chi connectivity index (χ0n) is 10.1. The number of ether oxygens (including phenoxy) is 1. The largest absolute Gasteiger partial charge is 0.492 e. The Morgan fingerprint density at radius 1 is 1.58 bits per heavy atom. The second-order valence-corrected chi connectivity index (χ2v) is 3.98. The van der Waals surface area contributed by atoms with Crippen LogP contribution in [-0.4, -0.2) is 27.7 Å². The average molecular weight is 282 g/mol. The Morgan fingerprint density at radius 3 is 2.95 bits per heavy atom. The van der Waals surface area contributed by atoms with Crippen LogP contribution in [0.5, 0.6) is 5.75 Å². The number of aromatic amines is 1. The minimum atomic E-state index is -0.454. The second kappa shape index (κ2) is 5.57. The fourth-order valence-corrected chi connectivity index (χ4v) is 1.65. The molecule has 0 atom stereocenters. The molecule has 2 rings (SSSR count). The van der Waals surface area contributed by atoms with Crippen molar-refractivity contribution in [1.82, 2.24) is 15.2 Å². The van der Waals surface area contributed by atoms with Crippen LogP contribution < -0.4 is 15.8 Å². The molecule has 8 heteroatoms. The predicted molar refractivity (Wildman–Crippen MR) is 71.4 cm³/mol. The predicted octanol–water partition coefficient (Wildman–Crippen LogP) is 1.69. The van der Waals surface area contributed by atoms with E-state index in [1.54, 1.807) is 18.2 Å². The third-order valence-electron chi connectivity index (χ3n) is 2.21. The number of nitrogens with one attached hydrogen (secondary N) is 2. The van der Waals surface area contributed by atoms with Gasteiger partial charge in [-0.05, 0) is 25.1 Å². The van der Waals surface area contributed by atoms with E-state index in [4.69, 9.17) is 22.1 Å². The van der Waals surface area contributed by atoms with Crippen molar-refractivity contribution in [2.75, 3.05) is 17.7 Å². The summed E-state index contributed by atoms with van der Waals surface area (Å²) >= 11 is 6.01. The molecule has 1 amide bonds. The summed E-state index contributed by atoms with van der Waals surface area (Å²) in [6.07, 6.45) is 0. The normalized spacial score (nSPS) is 10.2. The standard InChI is InChI=1S/C11H12ClN5O2/c1-2-19-8-4-3-6(5-7(8)12)14-10(18)9-15-11(13)17-16-9/h3-5H,2H2,1H3,(H,14,18)(H3,13,15,16,17). The maximum atomic E-state index is 11.8. The van der Waals surface area contributed by atoms with Gasteiger partial charge in [0.15, 0.2) is 0 Å². The first-order valence-corrected chi connectivity index (χ1v) is 5.89. The number of aromatic nitrogens is 3. The van der Waals surface area contributed by atoms with Gasteiger partial charge >= 0.3 is 0 Å². The Balaban J connectivity index is 2.11. The molecule has 2 aromatic rings. The van der Waals surface area contributed by atoms with Crippen LogP contribution in [0, 0.1) is 0 Å². The Labute approximate surface area is 114 Å². The van der Waals surface area contributed by atoms with Gasteiger partial charge in [0.05, 0.1) is 11.6 Å². The van der Waals surface area contributed by atoms with E-state index in [1.807, 2.05) is 6.92 Å². The van der Waals surface area contributed by atoms with Gasteiger partial charge in [-0.1, -0.05) is 11.6 Å². The number of hydrogen-bond donors (Lipinski definition) is 3. The molecule has 0 bridgehead atoms. The van der Waals surface area contributed by atoms with Gasteiger partial charge in [0.2, 0.25) is 11.8 Å². The molecule has 0 aliphatic heterocycles. The highest BCUT2D eigenvalue weighted by Gasteiger charge is 2.11. The molecule has 0 unspecified atom stereocenters. The van der Waals surface area contributed by atoms with Crippen molar-refractivity contribution in [2.45, 2.75) is 6.92 Å². The van der Waals surface area contributed by atoms with Gasteiger partial charge in [0.1, 0.15) is 5.75 Å². The van der Waals surface area contributed by atoms with Crippen LogP contribution in [-0.2, 0) is 0 Å². The zero-order valence-corrected chi connectivity index (χ0v) is 10.9. The molecule has 0 aliphatic carbocycles. The number of H-pyrrole nitrogens is 1. The first kappa shape index (κ1) is 13.2. The topological polar surface area (TPSA) is 106 Å². The van der Waals surface area contributed by atoms with E-state index in [2.05, 4.69) is 20.5 Å². The van der Waals surface area contributed by atoms with Crippen LogP contribution in [0.2, 0.25) is 5.02 Å². The molecule has 1 aromatic heterocycles. The van der Waals surface area contributed by atoms with Gasteiger partial charge in [0, 0.05) is 5.69 Å². The molecule has 7 nitrogen and oxygen atoms in total. The number of nitrogen functional groups attached to an aromatic ring is 1. The van der Waals surface area contributed by atoms with E-state index >= 15 is 0 Å². The number of nitrogens with two attached hydrogens (primary N) is 1.